The van der Waals surface area contributed by atoms with Gasteiger partial charge in [0.15, 0.2) is 0 Å². The molecule has 0 aliphatic heterocycles. The molecule has 45 heavy (non-hydrogen) atoms. The maximum Gasteiger partial charge on any atom is 0.416 e. The first-order chi connectivity index (χ1) is 21.5. The largest absolute Gasteiger partial charge is 0.483 e. The second kappa shape index (κ2) is 16.4. The van der Waals surface area contributed by atoms with Gasteiger partial charge in [0.05, 0.1) is 22.3 Å². The van der Waals surface area contributed by atoms with E-state index in [4.69, 9.17) is 20.6 Å². The molecule has 2 unspecified atom stereocenters. The zero-order valence-corrected chi connectivity index (χ0v) is 25.8. The van der Waals surface area contributed by atoms with Crippen LogP contribution in [0, 0.1) is 11.7 Å². The van der Waals surface area contributed by atoms with Gasteiger partial charge in [0, 0.05) is 19.4 Å². The predicted molar refractivity (Wildman–Crippen MR) is 170 cm³/mol. The molecule has 1 heterocycles. The number of rotatable bonds is 6. The van der Waals surface area contributed by atoms with Crippen molar-refractivity contribution in [2.24, 2.45) is 18.7 Å². The van der Waals surface area contributed by atoms with Crippen molar-refractivity contribution < 1.29 is 32.3 Å². The first kappa shape index (κ1) is 35.5. The summed E-state index contributed by atoms with van der Waals surface area (Å²) in [6, 6.07) is 16.7. The van der Waals surface area contributed by atoms with E-state index in [-0.39, 0.29) is 29.9 Å². The van der Waals surface area contributed by atoms with E-state index in [9.17, 15) is 22.4 Å². The fraction of sp³-hybridized carbons (Fsp3) is 0.344. The molecule has 1 saturated carbocycles. The van der Waals surface area contributed by atoms with Crippen LogP contribution in [0.3, 0.4) is 0 Å². The average Bonchev–Trinajstić information content (AvgIpc) is 3.33. The van der Waals surface area contributed by atoms with E-state index in [0.29, 0.717) is 25.5 Å². The van der Waals surface area contributed by atoms with E-state index in [2.05, 4.69) is 69.9 Å². The number of imidazole rings is 1. The van der Waals surface area contributed by atoms with Crippen LogP contribution in [0.25, 0.3) is 22.2 Å². The molecule has 1 aliphatic carbocycles. The van der Waals surface area contributed by atoms with Gasteiger partial charge >= 0.3 is 6.18 Å². The maximum atomic E-state index is 14.2. The maximum absolute atomic E-state index is 14.2. The monoisotopic (exact) mass is 647 g/mol. The van der Waals surface area contributed by atoms with Crippen molar-refractivity contribution in [2.75, 3.05) is 18.9 Å². The van der Waals surface area contributed by atoms with Gasteiger partial charge < -0.3 is 20.7 Å². The molecule has 5 rings (SSSR count). The van der Waals surface area contributed by atoms with Crippen molar-refractivity contribution in [2.45, 2.75) is 44.2 Å². The molecule has 1 aliphatic rings. The summed E-state index contributed by atoms with van der Waals surface area (Å²) in [5.74, 6) is -0.692. The van der Waals surface area contributed by atoms with Gasteiger partial charge in [-0.2, -0.15) is 13.2 Å². The van der Waals surface area contributed by atoms with Gasteiger partial charge in [-0.1, -0.05) is 49.6 Å². The lowest BCUT2D eigenvalue weighted by Gasteiger charge is -2.29. The summed E-state index contributed by atoms with van der Waals surface area (Å²) in [6.45, 7) is 0.293. The molecular weight excluding hydrogens is 610 g/mol. The minimum atomic E-state index is -4.64. The van der Waals surface area contributed by atoms with Crippen molar-refractivity contribution in [3.05, 3.63) is 83.4 Å². The highest BCUT2D eigenvalue weighted by Gasteiger charge is 2.32. The molecule has 242 valence electrons. The van der Waals surface area contributed by atoms with Gasteiger partial charge in [0.2, 0.25) is 5.91 Å². The Bertz CT molecular complexity index is 1580. The number of nitrogens with zero attached hydrogens (tertiary/aromatic N) is 2. The molecule has 0 radical (unpaired) electrons. The highest BCUT2D eigenvalue weighted by Crippen LogP contribution is 2.38. The summed E-state index contributed by atoms with van der Waals surface area (Å²) in [6.07, 6.45) is -0.914. The highest BCUT2D eigenvalue weighted by atomic mass is 32.1. The van der Waals surface area contributed by atoms with E-state index >= 15 is 0 Å². The molecule has 0 spiro atoms. The smallest absolute Gasteiger partial charge is 0.416 e. The molecule has 1 amide bonds. The standard InChI is InChI=1S/C30H30F4N4O.CH5NS.CH2O2/c1-38-27-12-9-21(16-26(27)36-28(38)13-14-35)19-7-5-18(6-8-19)20-3-2-4-22(15-20)29(39)37-25-11-10-23(17-24(25)31)30(32,33)34;1-2-3;2-1-3/h5-12,16-17,20,22H,2-4,13-15,35H2,1H3,(H,37,39);2-3H,1H3;1H,(H,2,3). The number of thiol groups is 1. The summed E-state index contributed by atoms with van der Waals surface area (Å²) < 4.78 is 57.2. The molecular formula is C32H37F4N5O3S. The van der Waals surface area contributed by atoms with Gasteiger partial charge in [-0.3, -0.25) is 14.3 Å². The van der Waals surface area contributed by atoms with Gasteiger partial charge in [-0.25, -0.2) is 9.37 Å². The van der Waals surface area contributed by atoms with Crippen LogP contribution in [-0.4, -0.2) is 40.6 Å². The molecule has 1 fully saturated rings. The molecule has 1 aromatic heterocycles. The third-order valence-electron chi connectivity index (χ3n) is 7.66. The molecule has 13 heteroatoms. The van der Waals surface area contributed by atoms with Crippen LogP contribution in [-0.2, 0) is 29.2 Å². The molecule has 2 atom stereocenters. The quantitative estimate of drug-likeness (QED) is 0.0918. The lowest BCUT2D eigenvalue weighted by atomic mass is 9.77. The first-order valence-electron chi connectivity index (χ1n) is 14.3. The Morgan fingerprint density at radius 2 is 1.76 bits per heavy atom. The summed E-state index contributed by atoms with van der Waals surface area (Å²) in [5, 5.41) is 9.38. The van der Waals surface area contributed by atoms with Crippen LogP contribution in [0.5, 0.6) is 0 Å². The number of halogens is 4. The fourth-order valence-corrected chi connectivity index (χ4v) is 5.49. The third kappa shape index (κ3) is 9.28. The number of amides is 1. The number of alkyl halides is 3. The Morgan fingerprint density at radius 3 is 2.36 bits per heavy atom. The molecule has 4 aromatic rings. The number of anilines is 1. The number of fused-ring (bicyclic) bond motifs is 1. The zero-order valence-electron chi connectivity index (χ0n) is 24.9. The lowest BCUT2D eigenvalue weighted by Crippen LogP contribution is -2.28. The zero-order chi connectivity index (χ0) is 33.1. The van der Waals surface area contributed by atoms with Gasteiger partial charge in [-0.05, 0) is 85.8 Å². The van der Waals surface area contributed by atoms with E-state index in [1.165, 1.54) is 0 Å². The van der Waals surface area contributed by atoms with E-state index in [1.54, 1.807) is 7.05 Å². The SMILES string of the molecule is CNS.Cn1c(CCN)nc2cc(-c3ccc(C4CCCC(C(=O)Nc5ccc(C(F)(F)F)cc5F)C4)cc3)ccc21.O=CO. The average molecular weight is 648 g/mol. The summed E-state index contributed by atoms with van der Waals surface area (Å²) in [7, 11) is 3.73. The second-order valence-corrected chi connectivity index (χ2v) is 11.0. The Hall–Kier alpha value is -3.94. The van der Waals surface area contributed by atoms with Gasteiger partial charge in [-0.15, -0.1) is 0 Å². The van der Waals surface area contributed by atoms with Crippen molar-refractivity contribution in [1.29, 1.82) is 0 Å². The molecule has 0 bridgehead atoms. The number of carbonyl (C=O) groups is 2. The summed E-state index contributed by atoms with van der Waals surface area (Å²) in [5.41, 5.74) is 9.62. The number of nitrogens with two attached hydrogens (primary N) is 1. The fourth-order valence-electron chi connectivity index (χ4n) is 5.49. The van der Waals surface area contributed by atoms with Crippen molar-refractivity contribution in [1.82, 2.24) is 14.3 Å². The summed E-state index contributed by atoms with van der Waals surface area (Å²) in [4.78, 5) is 26.0. The van der Waals surface area contributed by atoms with Crippen molar-refractivity contribution in [3.63, 3.8) is 0 Å². The normalized spacial score (nSPS) is 16.2. The second-order valence-electron chi connectivity index (χ2n) is 10.5. The number of hydrogen-bond donors (Lipinski definition) is 5. The highest BCUT2D eigenvalue weighted by molar-refractivity contribution is 7.78. The Labute approximate surface area is 264 Å². The minimum Gasteiger partial charge on any atom is -0.483 e. The Balaban J connectivity index is 0.000000853. The van der Waals surface area contributed by atoms with Gasteiger partial charge in [0.1, 0.15) is 11.6 Å². The molecule has 3 aromatic carbocycles. The van der Waals surface area contributed by atoms with Crippen LogP contribution in [0.1, 0.15) is 48.6 Å². The van der Waals surface area contributed by atoms with Crippen LogP contribution in [0.2, 0.25) is 0 Å². The van der Waals surface area contributed by atoms with E-state index in [0.717, 1.165) is 64.9 Å². The van der Waals surface area contributed by atoms with Crippen LogP contribution >= 0.6 is 12.8 Å². The van der Waals surface area contributed by atoms with E-state index < -0.39 is 17.6 Å². The van der Waals surface area contributed by atoms with Crippen LogP contribution < -0.4 is 15.8 Å². The van der Waals surface area contributed by atoms with Crippen LogP contribution in [0.15, 0.2) is 60.7 Å². The number of aromatic nitrogens is 2. The topological polar surface area (TPSA) is 122 Å². The predicted octanol–water partition coefficient (Wildman–Crippen LogP) is 6.56. The number of carbonyl (C=O) groups excluding carboxylic acids is 1. The van der Waals surface area contributed by atoms with Crippen molar-refractivity contribution >= 4 is 41.9 Å². The minimum absolute atomic E-state index is 0.165. The number of nitrogens with one attached hydrogen (secondary N) is 2. The Kier molecular flexibility index (Phi) is 12.9. The van der Waals surface area contributed by atoms with Gasteiger partial charge in [0.25, 0.3) is 6.47 Å². The first-order valence-corrected chi connectivity index (χ1v) is 14.7. The number of benzene rings is 3. The van der Waals surface area contributed by atoms with Crippen molar-refractivity contribution in [3.8, 4) is 11.1 Å². The number of hydrogen-bond acceptors (Lipinski definition) is 6. The molecule has 8 nitrogen and oxygen atoms in total. The Morgan fingerprint density at radius 1 is 1.11 bits per heavy atom. The molecule has 0 saturated heterocycles. The van der Waals surface area contributed by atoms with Crippen LogP contribution in [0.4, 0.5) is 23.2 Å². The third-order valence-corrected chi connectivity index (χ3v) is 7.66. The number of aryl methyl sites for hydroxylation is 1. The number of carboxylic acid groups (broad SMARTS) is 1. The summed E-state index contributed by atoms with van der Waals surface area (Å²) >= 11 is 3.54. The molecule has 5 N–H and O–H groups in total. The van der Waals surface area contributed by atoms with E-state index in [1.807, 2.05) is 7.05 Å². The lowest BCUT2D eigenvalue weighted by molar-refractivity contribution is -0.137.